The predicted molar refractivity (Wildman–Crippen MR) is 103 cm³/mol. The molecule has 2 aromatic rings. The Kier molecular flexibility index (Phi) is 4.51. The molecule has 0 aliphatic carbocycles. The molecular weight excluding hydrogens is 346 g/mol. The van der Waals surface area contributed by atoms with E-state index in [1.165, 1.54) is 4.57 Å². The Bertz CT molecular complexity index is 954. The third-order valence-electron chi connectivity index (χ3n) is 5.86. The van der Waals surface area contributed by atoms with Gasteiger partial charge in [0.15, 0.2) is 0 Å². The number of piperidine rings is 2. The highest BCUT2D eigenvalue weighted by Crippen LogP contribution is 2.27. The summed E-state index contributed by atoms with van der Waals surface area (Å²) >= 11 is 0. The molecule has 4 rings (SSSR count). The van der Waals surface area contributed by atoms with Crippen LogP contribution in [0.25, 0.3) is 11.0 Å². The van der Waals surface area contributed by atoms with Gasteiger partial charge in [0, 0.05) is 32.2 Å². The highest BCUT2D eigenvalue weighted by molar-refractivity contribution is 6.00. The van der Waals surface area contributed by atoms with E-state index in [0.717, 1.165) is 42.7 Å². The van der Waals surface area contributed by atoms with Crippen LogP contribution in [0.3, 0.4) is 0 Å². The SMILES string of the molecule is CN(c1ccc2c(c1)n(C)c(=O)n2C1CCC(=O)NC1=O)C1CCNCC1. The number of fused-ring (bicyclic) bond motifs is 1. The number of imidazole rings is 1. The van der Waals surface area contributed by atoms with Gasteiger partial charge in [0.2, 0.25) is 11.8 Å². The fourth-order valence-corrected chi connectivity index (χ4v) is 4.21. The molecular formula is C19H25N5O3. The van der Waals surface area contributed by atoms with Gasteiger partial charge in [-0.25, -0.2) is 4.79 Å². The number of imide groups is 1. The first-order valence-electron chi connectivity index (χ1n) is 9.45. The minimum atomic E-state index is -0.646. The molecule has 0 spiro atoms. The van der Waals surface area contributed by atoms with E-state index in [2.05, 4.69) is 22.6 Å². The average molecular weight is 371 g/mol. The normalized spacial score (nSPS) is 21.5. The lowest BCUT2D eigenvalue weighted by molar-refractivity contribution is -0.135. The molecule has 8 nitrogen and oxygen atoms in total. The Balaban J connectivity index is 1.73. The van der Waals surface area contributed by atoms with Crippen LogP contribution in [0, 0.1) is 0 Å². The number of nitrogens with one attached hydrogen (secondary N) is 2. The number of amides is 2. The molecule has 2 aliphatic heterocycles. The number of carbonyl (C=O) groups is 2. The van der Waals surface area contributed by atoms with Gasteiger partial charge in [-0.3, -0.25) is 24.0 Å². The number of hydrogen-bond acceptors (Lipinski definition) is 5. The molecule has 1 aromatic heterocycles. The molecule has 0 bridgehead atoms. The zero-order valence-corrected chi connectivity index (χ0v) is 15.7. The quantitative estimate of drug-likeness (QED) is 0.768. The minimum absolute atomic E-state index is 0.235. The van der Waals surface area contributed by atoms with Gasteiger partial charge >= 0.3 is 5.69 Å². The molecule has 2 saturated heterocycles. The first-order chi connectivity index (χ1) is 13.0. The molecule has 1 atom stereocenters. The second-order valence-electron chi connectivity index (χ2n) is 7.44. The Hall–Kier alpha value is -2.61. The maximum absolute atomic E-state index is 12.8. The summed E-state index contributed by atoms with van der Waals surface area (Å²) < 4.78 is 3.10. The summed E-state index contributed by atoms with van der Waals surface area (Å²) in [7, 11) is 3.81. The summed E-state index contributed by atoms with van der Waals surface area (Å²) in [4.78, 5) is 38.8. The second-order valence-corrected chi connectivity index (χ2v) is 7.44. The van der Waals surface area contributed by atoms with Crippen molar-refractivity contribution < 1.29 is 9.59 Å². The van der Waals surface area contributed by atoms with Crippen LogP contribution in [0.15, 0.2) is 23.0 Å². The number of aryl methyl sites for hydroxylation is 1. The molecule has 2 amide bonds. The number of nitrogens with zero attached hydrogens (tertiary/aromatic N) is 3. The Morgan fingerprint density at radius 1 is 1.07 bits per heavy atom. The van der Waals surface area contributed by atoms with E-state index in [-0.39, 0.29) is 18.0 Å². The van der Waals surface area contributed by atoms with E-state index in [9.17, 15) is 14.4 Å². The van der Waals surface area contributed by atoms with Crippen molar-refractivity contribution in [3.05, 3.63) is 28.7 Å². The maximum atomic E-state index is 12.8. The predicted octanol–water partition coefficient (Wildman–Crippen LogP) is 0.506. The number of carbonyl (C=O) groups excluding carboxylic acids is 2. The summed E-state index contributed by atoms with van der Waals surface area (Å²) in [6.07, 6.45) is 2.77. The van der Waals surface area contributed by atoms with Crippen molar-refractivity contribution in [2.24, 2.45) is 7.05 Å². The van der Waals surface area contributed by atoms with Crippen LogP contribution in [0.5, 0.6) is 0 Å². The van der Waals surface area contributed by atoms with E-state index in [4.69, 9.17) is 0 Å². The van der Waals surface area contributed by atoms with Gasteiger partial charge in [0.25, 0.3) is 0 Å². The molecule has 0 saturated carbocycles. The summed E-state index contributed by atoms with van der Waals surface area (Å²) in [5.41, 5.74) is 2.34. The average Bonchev–Trinajstić information content (AvgIpc) is 2.92. The van der Waals surface area contributed by atoms with Crippen LogP contribution in [-0.4, -0.2) is 47.1 Å². The summed E-state index contributed by atoms with van der Waals surface area (Å²) in [6.45, 7) is 2.03. The lowest BCUT2D eigenvalue weighted by Gasteiger charge is -2.33. The standard InChI is InChI=1S/C19H25N5O3/c1-22(12-7-9-20-10-8-12)13-3-4-14-16(11-13)23(2)19(27)24(14)15-5-6-17(25)21-18(15)26/h3-4,11-12,15,20H,5-10H2,1-2H3,(H,21,25,26). The second kappa shape index (κ2) is 6.84. The van der Waals surface area contributed by atoms with Gasteiger partial charge in [-0.15, -0.1) is 0 Å². The van der Waals surface area contributed by atoms with Crippen molar-refractivity contribution in [1.29, 1.82) is 0 Å². The summed E-state index contributed by atoms with van der Waals surface area (Å²) in [6, 6.07) is 5.76. The Morgan fingerprint density at radius 2 is 1.81 bits per heavy atom. The first kappa shape index (κ1) is 17.8. The van der Waals surface area contributed by atoms with Crippen LogP contribution >= 0.6 is 0 Å². The van der Waals surface area contributed by atoms with Crippen molar-refractivity contribution in [3.8, 4) is 0 Å². The lowest BCUT2D eigenvalue weighted by atomic mass is 10.0. The molecule has 2 aliphatic rings. The van der Waals surface area contributed by atoms with Crippen LogP contribution < -0.4 is 21.2 Å². The van der Waals surface area contributed by atoms with Crippen LogP contribution in [0.2, 0.25) is 0 Å². The van der Waals surface area contributed by atoms with Crippen molar-refractivity contribution in [3.63, 3.8) is 0 Å². The van der Waals surface area contributed by atoms with Crippen molar-refractivity contribution in [1.82, 2.24) is 19.8 Å². The largest absolute Gasteiger partial charge is 0.371 e. The first-order valence-corrected chi connectivity index (χ1v) is 9.45. The van der Waals surface area contributed by atoms with Crippen LogP contribution in [0.4, 0.5) is 5.69 Å². The fourth-order valence-electron chi connectivity index (χ4n) is 4.21. The van der Waals surface area contributed by atoms with E-state index in [1.807, 2.05) is 18.2 Å². The van der Waals surface area contributed by atoms with E-state index in [1.54, 1.807) is 11.6 Å². The summed E-state index contributed by atoms with van der Waals surface area (Å²) in [5.74, 6) is -0.688. The Morgan fingerprint density at radius 3 is 2.52 bits per heavy atom. The number of benzene rings is 1. The van der Waals surface area contributed by atoms with Crippen LogP contribution in [0.1, 0.15) is 31.7 Å². The smallest absolute Gasteiger partial charge is 0.329 e. The van der Waals surface area contributed by atoms with Gasteiger partial charge in [-0.1, -0.05) is 0 Å². The van der Waals surface area contributed by atoms with Gasteiger partial charge in [0.05, 0.1) is 11.0 Å². The highest BCUT2D eigenvalue weighted by atomic mass is 16.2. The van der Waals surface area contributed by atoms with Gasteiger partial charge in [-0.2, -0.15) is 0 Å². The van der Waals surface area contributed by atoms with Gasteiger partial charge in [-0.05, 0) is 50.6 Å². The number of hydrogen-bond donors (Lipinski definition) is 2. The molecule has 2 N–H and O–H groups in total. The topological polar surface area (TPSA) is 88.4 Å². The lowest BCUT2D eigenvalue weighted by Crippen LogP contribution is -2.44. The molecule has 1 aromatic carbocycles. The minimum Gasteiger partial charge on any atom is -0.371 e. The molecule has 0 radical (unpaired) electrons. The maximum Gasteiger partial charge on any atom is 0.329 e. The molecule has 1 unspecified atom stereocenters. The van der Waals surface area contributed by atoms with Gasteiger partial charge < -0.3 is 10.2 Å². The molecule has 8 heteroatoms. The molecule has 3 heterocycles. The third kappa shape index (κ3) is 3.03. The molecule has 27 heavy (non-hydrogen) atoms. The number of rotatable bonds is 3. The van der Waals surface area contributed by atoms with E-state index < -0.39 is 11.9 Å². The zero-order valence-electron chi connectivity index (χ0n) is 15.7. The van der Waals surface area contributed by atoms with Crippen molar-refractivity contribution in [2.45, 2.75) is 37.8 Å². The Labute approximate surface area is 157 Å². The van der Waals surface area contributed by atoms with Gasteiger partial charge in [0.1, 0.15) is 6.04 Å². The third-order valence-corrected chi connectivity index (χ3v) is 5.86. The fraction of sp³-hybridized carbons (Fsp3) is 0.526. The number of aromatic nitrogens is 2. The van der Waals surface area contributed by atoms with Crippen molar-refractivity contribution >= 4 is 28.5 Å². The molecule has 144 valence electrons. The molecule has 2 fully saturated rings. The highest BCUT2D eigenvalue weighted by Gasteiger charge is 2.31. The van der Waals surface area contributed by atoms with Crippen LogP contribution in [-0.2, 0) is 16.6 Å². The zero-order chi connectivity index (χ0) is 19.1. The monoisotopic (exact) mass is 371 g/mol. The van der Waals surface area contributed by atoms with E-state index in [0.29, 0.717) is 12.5 Å². The number of anilines is 1. The summed E-state index contributed by atoms with van der Waals surface area (Å²) in [5, 5.41) is 5.72. The van der Waals surface area contributed by atoms with E-state index >= 15 is 0 Å². The van der Waals surface area contributed by atoms with Crippen molar-refractivity contribution in [2.75, 3.05) is 25.0 Å².